The zero-order valence-corrected chi connectivity index (χ0v) is 18.5. The van der Waals surface area contributed by atoms with Crippen molar-refractivity contribution in [3.8, 4) is 0 Å². The van der Waals surface area contributed by atoms with Gasteiger partial charge < -0.3 is 4.57 Å². The SMILES string of the molecule is Cc1c(C)c(C)c(S(=O)(=O)Nc2ccc(Sc3nncn3C)cc2)c(C)c1C. The predicted octanol–water partition coefficient (Wildman–Crippen LogP) is 4.31. The molecule has 148 valence electrons. The Hall–Kier alpha value is -2.32. The number of benzene rings is 2. The van der Waals surface area contributed by atoms with Crippen LogP contribution in [0.3, 0.4) is 0 Å². The number of hydrogen-bond donors (Lipinski definition) is 1. The number of hydrogen-bond acceptors (Lipinski definition) is 5. The van der Waals surface area contributed by atoms with Crippen molar-refractivity contribution in [2.45, 2.75) is 49.6 Å². The first kappa shape index (κ1) is 20.4. The van der Waals surface area contributed by atoms with Gasteiger partial charge in [0.1, 0.15) is 6.33 Å². The van der Waals surface area contributed by atoms with Crippen LogP contribution < -0.4 is 4.72 Å². The zero-order chi connectivity index (χ0) is 20.6. The quantitative estimate of drug-likeness (QED) is 0.671. The lowest BCUT2D eigenvalue weighted by molar-refractivity contribution is 0.599. The molecule has 1 aromatic heterocycles. The molecule has 0 unspecified atom stereocenters. The largest absolute Gasteiger partial charge is 0.311 e. The molecule has 0 aliphatic carbocycles. The fraction of sp³-hybridized carbons (Fsp3) is 0.300. The van der Waals surface area contributed by atoms with Gasteiger partial charge in [0.2, 0.25) is 0 Å². The number of aryl methyl sites for hydroxylation is 1. The van der Waals surface area contributed by atoms with Gasteiger partial charge in [-0.2, -0.15) is 0 Å². The van der Waals surface area contributed by atoms with Gasteiger partial charge in [-0.1, -0.05) is 0 Å². The normalized spacial score (nSPS) is 11.6. The molecule has 0 aliphatic rings. The second kappa shape index (κ2) is 7.60. The van der Waals surface area contributed by atoms with E-state index in [-0.39, 0.29) is 0 Å². The number of nitrogens with zero attached hydrogens (tertiary/aromatic N) is 3. The minimum Gasteiger partial charge on any atom is -0.311 e. The van der Waals surface area contributed by atoms with Crippen molar-refractivity contribution in [1.82, 2.24) is 14.8 Å². The first-order chi connectivity index (χ1) is 13.1. The summed E-state index contributed by atoms with van der Waals surface area (Å²) in [7, 11) is -1.81. The van der Waals surface area contributed by atoms with Crippen molar-refractivity contribution in [1.29, 1.82) is 0 Å². The zero-order valence-electron chi connectivity index (χ0n) is 16.9. The summed E-state index contributed by atoms with van der Waals surface area (Å²) in [5.74, 6) is 0. The fourth-order valence-electron chi connectivity index (χ4n) is 3.14. The van der Waals surface area contributed by atoms with E-state index in [0.717, 1.165) is 37.9 Å². The maximum atomic E-state index is 13.1. The highest BCUT2D eigenvalue weighted by molar-refractivity contribution is 7.99. The molecule has 0 saturated heterocycles. The van der Waals surface area contributed by atoms with Crippen molar-refractivity contribution in [2.75, 3.05) is 4.72 Å². The van der Waals surface area contributed by atoms with Gasteiger partial charge in [0, 0.05) is 17.6 Å². The van der Waals surface area contributed by atoms with Gasteiger partial charge >= 0.3 is 0 Å². The molecule has 0 atom stereocenters. The van der Waals surface area contributed by atoms with Gasteiger partial charge in [-0.05, 0) is 98.5 Å². The molecule has 3 aromatic rings. The molecular weight excluding hydrogens is 392 g/mol. The lowest BCUT2D eigenvalue weighted by Crippen LogP contribution is -2.17. The molecular formula is C20H24N4O2S2. The molecule has 0 fully saturated rings. The van der Waals surface area contributed by atoms with Crippen LogP contribution in [0, 0.1) is 34.6 Å². The molecule has 8 heteroatoms. The molecule has 0 bridgehead atoms. The van der Waals surface area contributed by atoms with E-state index in [1.807, 2.05) is 58.4 Å². The average Bonchev–Trinajstić information content (AvgIpc) is 3.04. The van der Waals surface area contributed by atoms with E-state index in [4.69, 9.17) is 0 Å². The van der Waals surface area contributed by atoms with Crippen LogP contribution in [0.25, 0.3) is 0 Å². The molecule has 1 heterocycles. The molecule has 0 aliphatic heterocycles. The van der Waals surface area contributed by atoms with E-state index < -0.39 is 10.0 Å². The van der Waals surface area contributed by atoms with E-state index in [2.05, 4.69) is 14.9 Å². The third-order valence-electron chi connectivity index (χ3n) is 5.19. The standard InChI is InChI=1S/C20H24N4O2S2/c1-12-13(2)15(4)19(16(5)14(12)3)28(25,26)23-17-7-9-18(10-8-17)27-20-22-21-11-24(20)6/h7-11,23H,1-6H3. The lowest BCUT2D eigenvalue weighted by atomic mass is 9.95. The lowest BCUT2D eigenvalue weighted by Gasteiger charge is -2.19. The van der Waals surface area contributed by atoms with Crippen LogP contribution in [0.2, 0.25) is 0 Å². The second-order valence-corrected chi connectivity index (χ2v) is 9.57. The molecule has 0 saturated carbocycles. The number of anilines is 1. The predicted molar refractivity (Wildman–Crippen MR) is 113 cm³/mol. The van der Waals surface area contributed by atoms with Crippen molar-refractivity contribution < 1.29 is 8.42 Å². The number of rotatable bonds is 5. The van der Waals surface area contributed by atoms with Crippen LogP contribution in [0.4, 0.5) is 5.69 Å². The highest BCUT2D eigenvalue weighted by Gasteiger charge is 2.23. The summed E-state index contributed by atoms with van der Waals surface area (Å²) in [5.41, 5.74) is 5.28. The minimum atomic E-state index is -3.69. The summed E-state index contributed by atoms with van der Waals surface area (Å²) in [4.78, 5) is 1.32. The molecule has 3 rings (SSSR count). The molecule has 1 N–H and O–H groups in total. The van der Waals surface area contributed by atoms with E-state index in [1.54, 1.807) is 18.5 Å². The molecule has 0 amide bonds. The Balaban J connectivity index is 1.88. The Labute approximate surface area is 170 Å². The summed E-state index contributed by atoms with van der Waals surface area (Å²) in [5, 5.41) is 8.66. The van der Waals surface area contributed by atoms with Crippen LogP contribution in [0.1, 0.15) is 27.8 Å². The maximum absolute atomic E-state index is 13.1. The summed E-state index contributed by atoms with van der Waals surface area (Å²) >= 11 is 1.47. The van der Waals surface area contributed by atoms with Gasteiger partial charge in [-0.25, -0.2) is 8.42 Å². The van der Waals surface area contributed by atoms with Crippen molar-refractivity contribution >= 4 is 27.5 Å². The number of aromatic nitrogens is 3. The third-order valence-corrected chi connectivity index (χ3v) is 7.90. The Kier molecular flexibility index (Phi) is 5.54. The van der Waals surface area contributed by atoms with Gasteiger partial charge in [-0.15, -0.1) is 10.2 Å². The Bertz CT molecular complexity index is 1100. The average molecular weight is 417 g/mol. The van der Waals surface area contributed by atoms with Crippen LogP contribution in [0.15, 0.2) is 45.5 Å². The van der Waals surface area contributed by atoms with Crippen molar-refractivity contribution in [2.24, 2.45) is 7.05 Å². The highest BCUT2D eigenvalue weighted by atomic mass is 32.2. The highest BCUT2D eigenvalue weighted by Crippen LogP contribution is 2.31. The van der Waals surface area contributed by atoms with E-state index >= 15 is 0 Å². The van der Waals surface area contributed by atoms with Crippen LogP contribution in [0.5, 0.6) is 0 Å². The monoisotopic (exact) mass is 416 g/mol. The van der Waals surface area contributed by atoms with Gasteiger partial charge in [-0.3, -0.25) is 4.72 Å². The summed E-state index contributed by atoms with van der Waals surface area (Å²) in [6.07, 6.45) is 1.64. The molecule has 0 radical (unpaired) electrons. The van der Waals surface area contributed by atoms with Gasteiger partial charge in [0.05, 0.1) is 4.90 Å². The fourth-order valence-corrected chi connectivity index (χ4v) is 5.56. The van der Waals surface area contributed by atoms with Crippen molar-refractivity contribution in [3.05, 3.63) is 58.4 Å². The van der Waals surface area contributed by atoms with Gasteiger partial charge in [0.15, 0.2) is 5.16 Å². The third kappa shape index (κ3) is 3.79. The molecule has 6 nitrogen and oxygen atoms in total. The Morgan fingerprint density at radius 2 is 1.43 bits per heavy atom. The molecule has 2 aromatic carbocycles. The minimum absolute atomic E-state index is 0.366. The number of nitrogens with one attached hydrogen (secondary N) is 1. The van der Waals surface area contributed by atoms with E-state index in [1.165, 1.54) is 11.8 Å². The molecule has 28 heavy (non-hydrogen) atoms. The van der Waals surface area contributed by atoms with E-state index in [9.17, 15) is 8.42 Å². The van der Waals surface area contributed by atoms with Crippen LogP contribution in [-0.4, -0.2) is 23.2 Å². The summed E-state index contributed by atoms with van der Waals surface area (Å²) < 4.78 is 30.8. The van der Waals surface area contributed by atoms with Crippen LogP contribution in [-0.2, 0) is 17.1 Å². The summed E-state index contributed by atoms with van der Waals surface area (Å²) in [6.45, 7) is 9.69. The van der Waals surface area contributed by atoms with Gasteiger partial charge in [0.25, 0.3) is 10.0 Å². The Morgan fingerprint density at radius 1 is 0.893 bits per heavy atom. The second-order valence-electron chi connectivity index (χ2n) is 6.91. The molecule has 0 spiro atoms. The summed E-state index contributed by atoms with van der Waals surface area (Å²) in [6, 6.07) is 7.24. The first-order valence-corrected chi connectivity index (χ1v) is 11.1. The Morgan fingerprint density at radius 3 is 1.93 bits per heavy atom. The topological polar surface area (TPSA) is 76.9 Å². The van der Waals surface area contributed by atoms with E-state index in [0.29, 0.717) is 10.6 Å². The maximum Gasteiger partial charge on any atom is 0.262 e. The smallest absolute Gasteiger partial charge is 0.262 e. The first-order valence-electron chi connectivity index (χ1n) is 8.83. The number of sulfonamides is 1. The van der Waals surface area contributed by atoms with Crippen LogP contribution >= 0.6 is 11.8 Å². The van der Waals surface area contributed by atoms with Crippen molar-refractivity contribution in [3.63, 3.8) is 0 Å².